The van der Waals surface area contributed by atoms with E-state index >= 15 is 0 Å². The number of alkyl halides is 3. The molecule has 1 fully saturated rings. The summed E-state index contributed by atoms with van der Waals surface area (Å²) in [4.78, 5) is 0. The molecule has 0 amide bonds. The molecule has 0 aromatic heterocycles. The van der Waals surface area contributed by atoms with E-state index in [1.54, 1.807) is 0 Å². The molecule has 1 aromatic carbocycles. The maximum Gasteiger partial charge on any atom is 0.416 e. The van der Waals surface area contributed by atoms with Gasteiger partial charge in [-0.1, -0.05) is 0 Å². The Hall–Kier alpha value is -1.19. The van der Waals surface area contributed by atoms with Crippen molar-refractivity contribution in [3.63, 3.8) is 0 Å². The lowest BCUT2D eigenvalue weighted by molar-refractivity contribution is -0.137. The summed E-state index contributed by atoms with van der Waals surface area (Å²) >= 11 is 0. The Morgan fingerprint density at radius 2 is 1.93 bits per heavy atom. The third kappa shape index (κ3) is 2.43. The molecule has 0 aliphatic heterocycles. The lowest BCUT2D eigenvalue weighted by Gasteiger charge is -2.10. The predicted octanol–water partition coefficient (Wildman–Crippen LogP) is 3.24. The number of nitrogen functional groups attached to an aromatic ring is 1. The number of benzene rings is 1. The Labute approximate surface area is 86.1 Å². The predicted molar refractivity (Wildman–Crippen MR) is 52.3 cm³/mol. The quantitative estimate of drug-likeness (QED) is 0.753. The Morgan fingerprint density at radius 1 is 1.27 bits per heavy atom. The molecule has 2 N–H and O–H groups in total. The summed E-state index contributed by atoms with van der Waals surface area (Å²) in [6, 6.07) is 3.56. The van der Waals surface area contributed by atoms with Gasteiger partial charge in [0.25, 0.3) is 0 Å². The standard InChI is InChI=1S/C11H12F3N/c12-11(13,14)9-3-4-10(15)8(6-9)5-7-1-2-7/h3-4,6-7H,1-2,5,15H2. The van der Waals surface area contributed by atoms with Crippen LogP contribution < -0.4 is 5.73 Å². The topological polar surface area (TPSA) is 26.0 Å². The SMILES string of the molecule is Nc1ccc(C(F)(F)F)cc1CC1CC1. The molecule has 82 valence electrons. The van der Waals surface area contributed by atoms with Crippen molar-refractivity contribution in [3.05, 3.63) is 29.3 Å². The van der Waals surface area contributed by atoms with E-state index < -0.39 is 11.7 Å². The van der Waals surface area contributed by atoms with Gasteiger partial charge in [-0.05, 0) is 48.9 Å². The first-order valence-corrected chi connectivity index (χ1v) is 4.92. The summed E-state index contributed by atoms with van der Waals surface area (Å²) in [5.41, 5.74) is 6.14. The summed E-state index contributed by atoms with van der Waals surface area (Å²) in [7, 11) is 0. The molecule has 2 rings (SSSR count). The highest BCUT2D eigenvalue weighted by atomic mass is 19.4. The van der Waals surface area contributed by atoms with Gasteiger partial charge in [-0.25, -0.2) is 0 Å². The molecule has 15 heavy (non-hydrogen) atoms. The Morgan fingerprint density at radius 3 is 2.47 bits per heavy atom. The molecule has 1 aliphatic carbocycles. The number of nitrogens with two attached hydrogens (primary N) is 1. The van der Waals surface area contributed by atoms with Crippen molar-refractivity contribution in [3.8, 4) is 0 Å². The van der Waals surface area contributed by atoms with Crippen LogP contribution in [0.15, 0.2) is 18.2 Å². The first-order valence-electron chi connectivity index (χ1n) is 4.92. The smallest absolute Gasteiger partial charge is 0.399 e. The van der Waals surface area contributed by atoms with E-state index in [1.165, 1.54) is 12.1 Å². The molecule has 4 heteroatoms. The number of rotatable bonds is 2. The van der Waals surface area contributed by atoms with Gasteiger partial charge in [0.2, 0.25) is 0 Å². The Bertz CT molecular complexity index is 367. The molecule has 1 nitrogen and oxygen atoms in total. The minimum absolute atomic E-state index is 0.468. The monoisotopic (exact) mass is 215 g/mol. The molecule has 0 radical (unpaired) electrons. The van der Waals surface area contributed by atoms with Crippen LogP contribution in [-0.4, -0.2) is 0 Å². The molecule has 1 saturated carbocycles. The Kier molecular flexibility index (Phi) is 2.37. The summed E-state index contributed by atoms with van der Waals surface area (Å²) in [5, 5.41) is 0. The van der Waals surface area contributed by atoms with Crippen LogP contribution in [-0.2, 0) is 12.6 Å². The first kappa shape index (κ1) is 10.3. The molecular weight excluding hydrogens is 203 g/mol. The van der Waals surface area contributed by atoms with E-state index in [2.05, 4.69) is 0 Å². The fourth-order valence-corrected chi connectivity index (χ4v) is 1.59. The zero-order valence-electron chi connectivity index (χ0n) is 8.14. The zero-order valence-corrected chi connectivity index (χ0v) is 8.14. The van der Waals surface area contributed by atoms with Crippen molar-refractivity contribution in [2.24, 2.45) is 5.92 Å². The van der Waals surface area contributed by atoms with Crippen LogP contribution in [0.5, 0.6) is 0 Å². The average molecular weight is 215 g/mol. The van der Waals surface area contributed by atoms with Crippen molar-refractivity contribution in [2.75, 3.05) is 5.73 Å². The molecule has 0 atom stereocenters. The van der Waals surface area contributed by atoms with Gasteiger partial charge in [0.05, 0.1) is 5.56 Å². The van der Waals surface area contributed by atoms with Gasteiger partial charge in [0, 0.05) is 5.69 Å². The fraction of sp³-hybridized carbons (Fsp3) is 0.455. The van der Waals surface area contributed by atoms with Crippen LogP contribution in [0.3, 0.4) is 0 Å². The van der Waals surface area contributed by atoms with Crippen LogP contribution in [0, 0.1) is 5.92 Å². The molecule has 0 bridgehead atoms. The van der Waals surface area contributed by atoms with E-state index in [4.69, 9.17) is 5.73 Å². The normalized spacial score (nSPS) is 16.7. The minimum atomic E-state index is -4.27. The highest BCUT2D eigenvalue weighted by molar-refractivity contribution is 5.49. The third-order valence-corrected chi connectivity index (χ3v) is 2.68. The molecule has 0 spiro atoms. The van der Waals surface area contributed by atoms with Crippen molar-refractivity contribution in [1.82, 2.24) is 0 Å². The number of hydrogen-bond acceptors (Lipinski definition) is 1. The van der Waals surface area contributed by atoms with Crippen molar-refractivity contribution in [1.29, 1.82) is 0 Å². The largest absolute Gasteiger partial charge is 0.416 e. The van der Waals surface area contributed by atoms with Crippen LogP contribution in [0.25, 0.3) is 0 Å². The van der Waals surface area contributed by atoms with Crippen LogP contribution in [0.1, 0.15) is 24.0 Å². The van der Waals surface area contributed by atoms with Gasteiger partial charge >= 0.3 is 6.18 Å². The van der Waals surface area contributed by atoms with Crippen molar-refractivity contribution >= 4 is 5.69 Å². The Balaban J connectivity index is 2.27. The average Bonchev–Trinajstić information content (AvgIpc) is 2.90. The number of hydrogen-bond donors (Lipinski definition) is 1. The molecule has 0 heterocycles. The zero-order chi connectivity index (χ0) is 11.1. The third-order valence-electron chi connectivity index (χ3n) is 2.68. The van der Waals surface area contributed by atoms with E-state index in [9.17, 15) is 13.2 Å². The maximum atomic E-state index is 12.4. The molecule has 1 aromatic rings. The van der Waals surface area contributed by atoms with Gasteiger partial charge in [0.1, 0.15) is 0 Å². The first-order chi connectivity index (χ1) is 6.97. The second-order valence-corrected chi connectivity index (χ2v) is 4.06. The van der Waals surface area contributed by atoms with E-state index in [0.29, 0.717) is 23.6 Å². The van der Waals surface area contributed by atoms with E-state index in [-0.39, 0.29) is 0 Å². The van der Waals surface area contributed by atoms with Crippen molar-refractivity contribution < 1.29 is 13.2 Å². The lowest BCUT2D eigenvalue weighted by Crippen LogP contribution is -2.07. The minimum Gasteiger partial charge on any atom is -0.399 e. The highest BCUT2D eigenvalue weighted by Gasteiger charge is 2.31. The van der Waals surface area contributed by atoms with Gasteiger partial charge in [-0.3, -0.25) is 0 Å². The summed E-state index contributed by atoms with van der Waals surface area (Å²) in [6.45, 7) is 0. The number of anilines is 1. The van der Waals surface area contributed by atoms with Crippen LogP contribution in [0.4, 0.5) is 18.9 Å². The van der Waals surface area contributed by atoms with Gasteiger partial charge < -0.3 is 5.73 Å². The highest BCUT2D eigenvalue weighted by Crippen LogP contribution is 2.36. The molecule has 1 aliphatic rings. The maximum absolute atomic E-state index is 12.4. The molecule has 0 unspecified atom stereocenters. The van der Waals surface area contributed by atoms with Crippen LogP contribution >= 0.6 is 0 Å². The summed E-state index contributed by atoms with van der Waals surface area (Å²) in [6.07, 6.45) is -1.38. The summed E-state index contributed by atoms with van der Waals surface area (Å²) in [5.74, 6) is 0.538. The van der Waals surface area contributed by atoms with E-state index in [1.807, 2.05) is 0 Å². The fourth-order valence-electron chi connectivity index (χ4n) is 1.59. The van der Waals surface area contributed by atoms with Gasteiger partial charge in [-0.15, -0.1) is 0 Å². The van der Waals surface area contributed by atoms with Crippen LogP contribution in [0.2, 0.25) is 0 Å². The van der Waals surface area contributed by atoms with E-state index in [0.717, 1.165) is 18.9 Å². The summed E-state index contributed by atoms with van der Waals surface area (Å²) < 4.78 is 37.2. The molecular formula is C11H12F3N. The molecule has 0 saturated heterocycles. The van der Waals surface area contributed by atoms with Gasteiger partial charge in [-0.2, -0.15) is 13.2 Å². The second-order valence-electron chi connectivity index (χ2n) is 4.06. The number of halogens is 3. The van der Waals surface area contributed by atoms with Gasteiger partial charge in [0.15, 0.2) is 0 Å². The lowest BCUT2D eigenvalue weighted by atomic mass is 10.0. The van der Waals surface area contributed by atoms with Crippen molar-refractivity contribution in [2.45, 2.75) is 25.4 Å². The second kappa shape index (κ2) is 3.43.